The normalized spacial score (nSPS) is 24.0. The van der Waals surface area contributed by atoms with E-state index < -0.39 is 0 Å². The quantitative estimate of drug-likeness (QED) is 0.800. The van der Waals surface area contributed by atoms with Gasteiger partial charge in [-0.25, -0.2) is 4.98 Å². The summed E-state index contributed by atoms with van der Waals surface area (Å²) in [6.07, 6.45) is 3.98. The third-order valence-corrected chi connectivity index (χ3v) is 2.61. The highest BCUT2D eigenvalue weighted by Gasteiger charge is 2.23. The summed E-state index contributed by atoms with van der Waals surface area (Å²) in [5.74, 6) is 1.60. The Morgan fingerprint density at radius 2 is 2.50 bits per heavy atom. The molecule has 1 aromatic rings. The van der Waals surface area contributed by atoms with Crippen molar-refractivity contribution in [2.45, 2.75) is 31.9 Å². The minimum absolute atomic E-state index is 0.0767. The first-order valence-corrected chi connectivity index (χ1v) is 5.05. The number of hydrogen-bond donors (Lipinski definition) is 1. The van der Waals surface area contributed by atoms with E-state index in [1.807, 2.05) is 14.0 Å². The molecular formula is C10H16N2O2. The van der Waals surface area contributed by atoms with Gasteiger partial charge in [0.25, 0.3) is 0 Å². The van der Waals surface area contributed by atoms with Crippen LogP contribution in [0.2, 0.25) is 0 Å². The van der Waals surface area contributed by atoms with Gasteiger partial charge >= 0.3 is 0 Å². The summed E-state index contributed by atoms with van der Waals surface area (Å²) in [7, 11) is 1.90. The van der Waals surface area contributed by atoms with Crippen LogP contribution in [0.15, 0.2) is 10.6 Å². The Morgan fingerprint density at radius 1 is 1.64 bits per heavy atom. The van der Waals surface area contributed by atoms with E-state index in [2.05, 4.69) is 10.3 Å². The summed E-state index contributed by atoms with van der Waals surface area (Å²) in [4.78, 5) is 4.24. The maximum atomic E-state index is 5.62. The van der Waals surface area contributed by atoms with Gasteiger partial charge in [0, 0.05) is 6.61 Å². The van der Waals surface area contributed by atoms with Gasteiger partial charge in [-0.3, -0.25) is 0 Å². The van der Waals surface area contributed by atoms with E-state index in [1.165, 1.54) is 0 Å². The summed E-state index contributed by atoms with van der Waals surface area (Å²) in [5.41, 5.74) is 0. The van der Waals surface area contributed by atoms with Crippen molar-refractivity contribution in [1.29, 1.82) is 0 Å². The molecule has 1 aromatic heterocycles. The highest BCUT2D eigenvalue weighted by atomic mass is 16.5. The summed E-state index contributed by atoms with van der Waals surface area (Å²) < 4.78 is 11.1. The molecule has 1 aliphatic rings. The molecule has 0 saturated carbocycles. The van der Waals surface area contributed by atoms with Crippen LogP contribution in [0.5, 0.6) is 0 Å². The zero-order valence-corrected chi connectivity index (χ0v) is 8.62. The van der Waals surface area contributed by atoms with Crippen molar-refractivity contribution in [2.24, 2.45) is 0 Å². The molecule has 0 aromatic carbocycles. The fraction of sp³-hybridized carbons (Fsp3) is 0.700. The van der Waals surface area contributed by atoms with Crippen LogP contribution < -0.4 is 5.32 Å². The van der Waals surface area contributed by atoms with Crippen LogP contribution in [0.3, 0.4) is 0 Å². The first-order valence-electron chi connectivity index (χ1n) is 5.05. The number of nitrogens with zero attached hydrogens (tertiary/aromatic N) is 1. The Balaban J connectivity index is 2.08. The van der Waals surface area contributed by atoms with Gasteiger partial charge in [-0.2, -0.15) is 0 Å². The van der Waals surface area contributed by atoms with Crippen molar-refractivity contribution in [2.75, 3.05) is 13.7 Å². The van der Waals surface area contributed by atoms with Gasteiger partial charge in [0.15, 0.2) is 0 Å². The molecule has 2 atom stereocenters. The van der Waals surface area contributed by atoms with Crippen LogP contribution in [-0.4, -0.2) is 18.6 Å². The molecule has 0 spiro atoms. The number of ether oxygens (including phenoxy) is 1. The molecular weight excluding hydrogens is 180 g/mol. The molecule has 1 aliphatic heterocycles. The molecule has 1 saturated heterocycles. The maximum Gasteiger partial charge on any atom is 0.223 e. The molecule has 0 bridgehead atoms. The molecule has 1 fully saturated rings. The Labute approximate surface area is 83.7 Å². The molecule has 2 unspecified atom stereocenters. The van der Waals surface area contributed by atoms with Gasteiger partial charge in [0.2, 0.25) is 5.89 Å². The smallest absolute Gasteiger partial charge is 0.223 e. The van der Waals surface area contributed by atoms with Crippen molar-refractivity contribution in [1.82, 2.24) is 10.3 Å². The molecule has 2 rings (SSSR count). The molecule has 78 valence electrons. The van der Waals surface area contributed by atoms with E-state index in [0.717, 1.165) is 31.1 Å². The lowest BCUT2D eigenvalue weighted by Gasteiger charge is -2.06. The second kappa shape index (κ2) is 4.11. The Hall–Kier alpha value is -0.870. The van der Waals surface area contributed by atoms with Gasteiger partial charge in [-0.05, 0) is 26.8 Å². The fourth-order valence-corrected chi connectivity index (χ4v) is 1.56. The molecule has 14 heavy (non-hydrogen) atoms. The Bertz CT molecular complexity index is 292. The van der Waals surface area contributed by atoms with E-state index in [4.69, 9.17) is 9.15 Å². The lowest BCUT2D eigenvalue weighted by atomic mass is 10.2. The van der Waals surface area contributed by atoms with Crippen LogP contribution >= 0.6 is 0 Å². The predicted molar refractivity (Wildman–Crippen MR) is 51.9 cm³/mol. The van der Waals surface area contributed by atoms with Gasteiger partial charge in [0.1, 0.15) is 11.9 Å². The van der Waals surface area contributed by atoms with Crippen molar-refractivity contribution in [3.63, 3.8) is 0 Å². The van der Waals surface area contributed by atoms with Crippen molar-refractivity contribution in [3.05, 3.63) is 17.8 Å². The standard InChI is InChI=1S/C10H16N2O2/c1-7(11-2)9-6-12-10(14-9)8-4-3-5-13-8/h6-8,11H,3-5H2,1-2H3. The SMILES string of the molecule is CNC(C)c1cnc(C2CCCO2)o1. The minimum atomic E-state index is 0.0767. The maximum absolute atomic E-state index is 5.62. The Kier molecular flexibility index (Phi) is 2.84. The first-order chi connectivity index (χ1) is 6.81. The topological polar surface area (TPSA) is 47.3 Å². The molecule has 4 heteroatoms. The van der Waals surface area contributed by atoms with Crippen molar-refractivity contribution in [3.8, 4) is 0 Å². The molecule has 1 N–H and O–H groups in total. The minimum Gasteiger partial charge on any atom is -0.441 e. The summed E-state index contributed by atoms with van der Waals surface area (Å²) >= 11 is 0. The Morgan fingerprint density at radius 3 is 3.14 bits per heavy atom. The monoisotopic (exact) mass is 196 g/mol. The number of hydrogen-bond acceptors (Lipinski definition) is 4. The predicted octanol–water partition coefficient (Wildman–Crippen LogP) is 1.81. The summed E-state index contributed by atoms with van der Waals surface area (Å²) in [6, 6.07) is 0.206. The number of oxazole rings is 1. The highest BCUT2D eigenvalue weighted by Crippen LogP contribution is 2.28. The van der Waals surface area contributed by atoms with Crippen LogP contribution in [-0.2, 0) is 4.74 Å². The van der Waals surface area contributed by atoms with Gasteiger partial charge in [0.05, 0.1) is 12.2 Å². The first kappa shape index (κ1) is 9.68. The largest absolute Gasteiger partial charge is 0.441 e. The van der Waals surface area contributed by atoms with E-state index in [0.29, 0.717) is 0 Å². The van der Waals surface area contributed by atoms with Crippen LogP contribution in [0.1, 0.15) is 43.6 Å². The van der Waals surface area contributed by atoms with Gasteiger partial charge in [-0.15, -0.1) is 0 Å². The number of rotatable bonds is 3. The van der Waals surface area contributed by atoms with Crippen LogP contribution in [0.25, 0.3) is 0 Å². The third-order valence-electron chi connectivity index (χ3n) is 2.61. The van der Waals surface area contributed by atoms with Crippen LogP contribution in [0.4, 0.5) is 0 Å². The second-order valence-electron chi connectivity index (χ2n) is 3.61. The number of aromatic nitrogens is 1. The zero-order chi connectivity index (χ0) is 9.97. The summed E-state index contributed by atoms with van der Waals surface area (Å²) in [5, 5.41) is 3.11. The van der Waals surface area contributed by atoms with Gasteiger partial charge in [-0.1, -0.05) is 0 Å². The van der Waals surface area contributed by atoms with Gasteiger partial charge < -0.3 is 14.5 Å². The summed E-state index contributed by atoms with van der Waals surface area (Å²) in [6.45, 7) is 2.86. The molecule has 0 radical (unpaired) electrons. The van der Waals surface area contributed by atoms with E-state index in [9.17, 15) is 0 Å². The lowest BCUT2D eigenvalue weighted by Crippen LogP contribution is -2.11. The molecule has 0 amide bonds. The number of nitrogens with one attached hydrogen (secondary N) is 1. The average molecular weight is 196 g/mol. The zero-order valence-electron chi connectivity index (χ0n) is 8.62. The van der Waals surface area contributed by atoms with Crippen LogP contribution in [0, 0.1) is 0 Å². The molecule has 4 nitrogen and oxygen atoms in total. The fourth-order valence-electron chi connectivity index (χ4n) is 1.56. The van der Waals surface area contributed by atoms with E-state index in [1.54, 1.807) is 6.20 Å². The van der Waals surface area contributed by atoms with Crippen molar-refractivity contribution < 1.29 is 9.15 Å². The molecule has 2 heterocycles. The lowest BCUT2D eigenvalue weighted by molar-refractivity contribution is 0.0876. The average Bonchev–Trinajstić information content (AvgIpc) is 2.86. The third kappa shape index (κ3) is 1.81. The second-order valence-corrected chi connectivity index (χ2v) is 3.61. The molecule has 0 aliphatic carbocycles. The van der Waals surface area contributed by atoms with Crippen molar-refractivity contribution >= 4 is 0 Å². The van der Waals surface area contributed by atoms with E-state index in [-0.39, 0.29) is 12.1 Å². The van der Waals surface area contributed by atoms with E-state index >= 15 is 0 Å². The highest BCUT2D eigenvalue weighted by molar-refractivity contribution is 5.01.